The van der Waals surface area contributed by atoms with E-state index < -0.39 is 0 Å². The molecule has 4 heteroatoms. The Kier molecular flexibility index (Phi) is 3.89. The molecule has 0 bridgehead atoms. The second-order valence-corrected chi connectivity index (χ2v) is 5.85. The van der Waals surface area contributed by atoms with E-state index in [1.807, 2.05) is 6.07 Å². The number of halogens is 1. The third-order valence-electron chi connectivity index (χ3n) is 3.61. The Bertz CT molecular complexity index is 557. The van der Waals surface area contributed by atoms with E-state index in [4.69, 9.17) is 0 Å². The van der Waals surface area contributed by atoms with Gasteiger partial charge < -0.3 is 5.32 Å². The first-order valence-corrected chi connectivity index (χ1v) is 7.36. The van der Waals surface area contributed by atoms with Crippen LogP contribution in [0.3, 0.4) is 0 Å². The van der Waals surface area contributed by atoms with Crippen LogP contribution >= 0.6 is 15.9 Å². The first kappa shape index (κ1) is 12.8. The van der Waals surface area contributed by atoms with E-state index in [0.29, 0.717) is 6.04 Å². The topological polar surface area (TPSA) is 37.8 Å². The Labute approximate surface area is 121 Å². The first-order chi connectivity index (χ1) is 9.31. The molecule has 2 aromatic rings. The number of nitrogens with zero attached hydrogens (tertiary/aromatic N) is 2. The molecule has 3 nitrogen and oxygen atoms in total. The summed E-state index contributed by atoms with van der Waals surface area (Å²) in [5.74, 6) is 0. The molecule has 0 saturated carbocycles. The largest absolute Gasteiger partial charge is 0.308 e. The Morgan fingerprint density at radius 2 is 2.21 bits per heavy atom. The van der Waals surface area contributed by atoms with Crippen LogP contribution < -0.4 is 5.32 Å². The summed E-state index contributed by atoms with van der Waals surface area (Å²) in [4.78, 5) is 8.17. The summed E-state index contributed by atoms with van der Waals surface area (Å²) in [6, 6.07) is 9.11. The summed E-state index contributed by atoms with van der Waals surface area (Å²) in [6.45, 7) is 0.819. The monoisotopic (exact) mass is 317 g/mol. The van der Waals surface area contributed by atoms with Gasteiger partial charge in [0.1, 0.15) is 6.33 Å². The molecule has 19 heavy (non-hydrogen) atoms. The number of nitrogens with one attached hydrogen (secondary N) is 1. The summed E-state index contributed by atoms with van der Waals surface area (Å²) in [5.41, 5.74) is 4.00. The normalized spacial score (nSPS) is 18.1. The van der Waals surface area contributed by atoms with Crippen molar-refractivity contribution >= 4 is 15.9 Å². The van der Waals surface area contributed by atoms with E-state index in [1.54, 1.807) is 12.5 Å². The van der Waals surface area contributed by atoms with Crippen LogP contribution in [-0.2, 0) is 19.4 Å². The number of hydrogen-bond acceptors (Lipinski definition) is 3. The first-order valence-electron chi connectivity index (χ1n) is 6.57. The highest BCUT2D eigenvalue weighted by molar-refractivity contribution is 9.10. The average Bonchev–Trinajstić information content (AvgIpc) is 2.46. The molecular formula is C15H16BrN3. The zero-order valence-corrected chi connectivity index (χ0v) is 12.2. The van der Waals surface area contributed by atoms with E-state index in [1.165, 1.54) is 22.0 Å². The van der Waals surface area contributed by atoms with Crippen molar-refractivity contribution < 1.29 is 0 Å². The molecule has 3 rings (SSSR count). The minimum absolute atomic E-state index is 0.545. The fourth-order valence-corrected chi connectivity index (χ4v) is 2.98. The zero-order chi connectivity index (χ0) is 13.1. The minimum Gasteiger partial charge on any atom is -0.308 e. The quantitative estimate of drug-likeness (QED) is 0.946. The van der Waals surface area contributed by atoms with Crippen molar-refractivity contribution in [3.8, 4) is 0 Å². The summed E-state index contributed by atoms with van der Waals surface area (Å²) in [6.07, 6.45) is 6.83. The Morgan fingerprint density at radius 3 is 3.05 bits per heavy atom. The van der Waals surface area contributed by atoms with Crippen LogP contribution in [0.5, 0.6) is 0 Å². The Hall–Kier alpha value is -1.26. The highest BCUT2D eigenvalue weighted by Gasteiger charge is 2.18. The molecule has 1 aliphatic carbocycles. The fraction of sp³-hybridized carbons (Fsp3) is 0.333. The highest BCUT2D eigenvalue weighted by atomic mass is 79.9. The lowest BCUT2D eigenvalue weighted by atomic mass is 9.88. The van der Waals surface area contributed by atoms with Crippen molar-refractivity contribution in [1.29, 1.82) is 0 Å². The number of benzene rings is 1. The molecule has 98 valence electrons. The molecule has 1 atom stereocenters. The van der Waals surface area contributed by atoms with Crippen molar-refractivity contribution in [2.24, 2.45) is 0 Å². The molecule has 0 fully saturated rings. The maximum Gasteiger partial charge on any atom is 0.115 e. The van der Waals surface area contributed by atoms with Crippen LogP contribution in [0.15, 0.2) is 41.3 Å². The van der Waals surface area contributed by atoms with E-state index in [0.717, 1.165) is 25.1 Å². The molecule has 1 heterocycles. The molecule has 0 aliphatic heterocycles. The zero-order valence-electron chi connectivity index (χ0n) is 10.6. The minimum atomic E-state index is 0.545. The standard InChI is InChI=1S/C15H16BrN3/c16-13-3-1-12-8-14(4-2-11(12)7-13)18-9-15-5-6-17-10-19-15/h1,3,5-7,10,14,18H,2,4,8-9H2. The van der Waals surface area contributed by atoms with Gasteiger partial charge in [-0.15, -0.1) is 0 Å². The van der Waals surface area contributed by atoms with Crippen molar-refractivity contribution in [3.63, 3.8) is 0 Å². The molecule has 1 unspecified atom stereocenters. The van der Waals surface area contributed by atoms with Crippen LogP contribution in [0.25, 0.3) is 0 Å². The highest BCUT2D eigenvalue weighted by Crippen LogP contribution is 2.24. The van der Waals surface area contributed by atoms with E-state index in [-0.39, 0.29) is 0 Å². The summed E-state index contributed by atoms with van der Waals surface area (Å²) < 4.78 is 1.18. The summed E-state index contributed by atoms with van der Waals surface area (Å²) in [5, 5.41) is 3.59. The molecule has 1 aromatic heterocycles. The average molecular weight is 318 g/mol. The Morgan fingerprint density at radius 1 is 1.26 bits per heavy atom. The fourth-order valence-electron chi connectivity index (χ4n) is 2.57. The van der Waals surface area contributed by atoms with Gasteiger partial charge in [-0.2, -0.15) is 0 Å². The van der Waals surface area contributed by atoms with E-state index in [9.17, 15) is 0 Å². The Balaban J connectivity index is 1.61. The number of fused-ring (bicyclic) bond motifs is 1. The lowest BCUT2D eigenvalue weighted by molar-refractivity contribution is 0.454. The van der Waals surface area contributed by atoms with Crippen LogP contribution in [-0.4, -0.2) is 16.0 Å². The number of aryl methyl sites for hydroxylation is 1. The molecule has 0 amide bonds. The second kappa shape index (κ2) is 5.80. The molecular weight excluding hydrogens is 302 g/mol. The molecule has 1 aromatic carbocycles. The van der Waals surface area contributed by atoms with Crippen LogP contribution in [0.4, 0.5) is 0 Å². The summed E-state index contributed by atoms with van der Waals surface area (Å²) in [7, 11) is 0. The van der Waals surface area contributed by atoms with Gasteiger partial charge in [0.25, 0.3) is 0 Å². The van der Waals surface area contributed by atoms with Crippen LogP contribution in [0.2, 0.25) is 0 Å². The van der Waals surface area contributed by atoms with Crippen LogP contribution in [0.1, 0.15) is 23.2 Å². The number of aromatic nitrogens is 2. The third-order valence-corrected chi connectivity index (χ3v) is 4.11. The van der Waals surface area contributed by atoms with Gasteiger partial charge in [-0.05, 0) is 48.6 Å². The van der Waals surface area contributed by atoms with Gasteiger partial charge in [-0.1, -0.05) is 22.0 Å². The van der Waals surface area contributed by atoms with Gasteiger partial charge in [0.05, 0.1) is 5.69 Å². The predicted octanol–water partition coefficient (Wildman–Crippen LogP) is 2.89. The van der Waals surface area contributed by atoms with Gasteiger partial charge in [0.2, 0.25) is 0 Å². The molecule has 1 N–H and O–H groups in total. The number of rotatable bonds is 3. The van der Waals surface area contributed by atoms with Gasteiger partial charge in [-0.3, -0.25) is 0 Å². The molecule has 0 radical (unpaired) electrons. The van der Waals surface area contributed by atoms with Crippen molar-refractivity contribution in [3.05, 3.63) is 58.1 Å². The summed E-state index contributed by atoms with van der Waals surface area (Å²) >= 11 is 3.54. The smallest absolute Gasteiger partial charge is 0.115 e. The van der Waals surface area contributed by atoms with Crippen molar-refractivity contribution in [1.82, 2.24) is 15.3 Å². The van der Waals surface area contributed by atoms with Gasteiger partial charge >= 0.3 is 0 Å². The molecule has 1 aliphatic rings. The lowest BCUT2D eigenvalue weighted by Gasteiger charge is -2.25. The van der Waals surface area contributed by atoms with Crippen molar-refractivity contribution in [2.45, 2.75) is 31.8 Å². The predicted molar refractivity (Wildman–Crippen MR) is 78.8 cm³/mol. The molecule has 0 saturated heterocycles. The van der Waals surface area contributed by atoms with E-state index in [2.05, 4.69) is 49.4 Å². The van der Waals surface area contributed by atoms with Gasteiger partial charge in [0.15, 0.2) is 0 Å². The van der Waals surface area contributed by atoms with Gasteiger partial charge in [-0.25, -0.2) is 9.97 Å². The van der Waals surface area contributed by atoms with Gasteiger partial charge in [0, 0.05) is 23.3 Å². The SMILES string of the molecule is Brc1ccc2c(c1)CCC(NCc1ccncn1)C2. The maximum absolute atomic E-state index is 4.24. The lowest BCUT2D eigenvalue weighted by Crippen LogP contribution is -2.34. The third kappa shape index (κ3) is 3.19. The van der Waals surface area contributed by atoms with Crippen LogP contribution in [0, 0.1) is 0 Å². The number of hydrogen-bond donors (Lipinski definition) is 1. The van der Waals surface area contributed by atoms with Crippen molar-refractivity contribution in [2.75, 3.05) is 0 Å². The molecule has 0 spiro atoms. The second-order valence-electron chi connectivity index (χ2n) is 4.93. The maximum atomic E-state index is 4.24. The van der Waals surface area contributed by atoms with E-state index >= 15 is 0 Å².